The highest BCUT2D eigenvalue weighted by Crippen LogP contribution is 2.27. The summed E-state index contributed by atoms with van der Waals surface area (Å²) >= 11 is 0. The molecule has 1 aliphatic rings. The minimum Gasteiger partial charge on any atom is -0.357 e. The Morgan fingerprint density at radius 1 is 1.30 bits per heavy atom. The summed E-state index contributed by atoms with van der Waals surface area (Å²) in [7, 11) is -2.84. The van der Waals surface area contributed by atoms with E-state index in [1.807, 2.05) is 6.07 Å². The van der Waals surface area contributed by atoms with E-state index in [1.165, 1.54) is 28.4 Å². The summed E-state index contributed by atoms with van der Waals surface area (Å²) < 4.78 is 22.3. The molecule has 4 nitrogen and oxygen atoms in total. The van der Waals surface area contributed by atoms with Crippen LogP contribution in [0.4, 0.5) is 0 Å². The van der Waals surface area contributed by atoms with Crippen molar-refractivity contribution in [2.24, 2.45) is 0 Å². The molecular weight excluding hydrogens is 272 g/mol. The zero-order valence-corrected chi connectivity index (χ0v) is 12.5. The van der Waals surface area contributed by atoms with E-state index in [4.69, 9.17) is 0 Å². The first-order valence-electron chi connectivity index (χ1n) is 7.01. The Bertz CT molecular complexity index is 719. The second-order valence-corrected chi connectivity index (χ2v) is 7.90. The summed E-state index contributed by atoms with van der Waals surface area (Å²) in [5.41, 5.74) is 3.92. The summed E-state index contributed by atoms with van der Waals surface area (Å²) in [5.74, 6) is 0.281. The Labute approximate surface area is 119 Å². The van der Waals surface area contributed by atoms with Gasteiger partial charge in [-0.3, -0.25) is 4.90 Å². The molecule has 0 saturated heterocycles. The number of hydrogen-bond donors (Lipinski definition) is 1. The molecule has 1 aromatic heterocycles. The molecule has 0 bridgehead atoms. The Balaban J connectivity index is 1.69. The monoisotopic (exact) mass is 292 g/mol. The van der Waals surface area contributed by atoms with Crippen LogP contribution in [-0.2, 0) is 22.8 Å². The normalized spacial score (nSPS) is 16.4. The van der Waals surface area contributed by atoms with Gasteiger partial charge in [0.15, 0.2) is 0 Å². The number of rotatable bonds is 4. The Morgan fingerprint density at radius 3 is 2.90 bits per heavy atom. The minimum absolute atomic E-state index is 0.281. The number of nitrogens with zero attached hydrogens (tertiary/aromatic N) is 1. The number of H-pyrrole nitrogens is 1. The molecule has 0 radical (unpaired) electrons. The number of hydrogen-bond acceptors (Lipinski definition) is 3. The second-order valence-electron chi connectivity index (χ2n) is 5.64. The molecule has 20 heavy (non-hydrogen) atoms. The van der Waals surface area contributed by atoms with Crippen LogP contribution in [-0.4, -0.2) is 43.4 Å². The number of benzene rings is 1. The van der Waals surface area contributed by atoms with Gasteiger partial charge in [0.2, 0.25) is 0 Å². The molecule has 0 aliphatic carbocycles. The Morgan fingerprint density at radius 2 is 2.10 bits per heavy atom. The lowest BCUT2D eigenvalue weighted by Crippen LogP contribution is -2.32. The number of fused-ring (bicyclic) bond motifs is 3. The molecule has 1 N–H and O–H groups in total. The van der Waals surface area contributed by atoms with E-state index in [0.717, 1.165) is 26.1 Å². The van der Waals surface area contributed by atoms with Gasteiger partial charge in [-0.05, 0) is 31.0 Å². The number of nitrogens with one attached hydrogen (secondary N) is 1. The molecule has 0 spiro atoms. The van der Waals surface area contributed by atoms with Gasteiger partial charge in [-0.1, -0.05) is 18.2 Å². The van der Waals surface area contributed by atoms with Gasteiger partial charge in [0, 0.05) is 35.9 Å². The van der Waals surface area contributed by atoms with Crippen LogP contribution in [0.3, 0.4) is 0 Å². The summed E-state index contributed by atoms with van der Waals surface area (Å²) in [5, 5.41) is 1.33. The van der Waals surface area contributed by atoms with Gasteiger partial charge >= 0.3 is 0 Å². The number of aromatic nitrogens is 1. The van der Waals surface area contributed by atoms with Crippen molar-refractivity contribution in [3.8, 4) is 0 Å². The van der Waals surface area contributed by atoms with E-state index in [9.17, 15) is 8.42 Å². The third kappa shape index (κ3) is 2.88. The summed E-state index contributed by atoms with van der Waals surface area (Å²) in [6, 6.07) is 8.41. The van der Waals surface area contributed by atoms with Crippen molar-refractivity contribution in [3.63, 3.8) is 0 Å². The van der Waals surface area contributed by atoms with Crippen LogP contribution in [0.5, 0.6) is 0 Å². The van der Waals surface area contributed by atoms with E-state index in [2.05, 4.69) is 28.1 Å². The minimum atomic E-state index is -2.84. The van der Waals surface area contributed by atoms with Crippen LogP contribution in [0.1, 0.15) is 17.7 Å². The van der Waals surface area contributed by atoms with Crippen molar-refractivity contribution >= 4 is 20.7 Å². The van der Waals surface area contributed by atoms with Crippen molar-refractivity contribution in [1.29, 1.82) is 0 Å². The third-order valence-corrected chi connectivity index (χ3v) is 4.98. The molecule has 2 aromatic rings. The zero-order chi connectivity index (χ0) is 14.2. The highest BCUT2D eigenvalue weighted by atomic mass is 32.2. The molecule has 0 saturated carbocycles. The van der Waals surface area contributed by atoms with E-state index < -0.39 is 9.84 Å². The van der Waals surface area contributed by atoms with Gasteiger partial charge in [0.25, 0.3) is 0 Å². The van der Waals surface area contributed by atoms with Crippen LogP contribution in [0.25, 0.3) is 10.9 Å². The van der Waals surface area contributed by atoms with Crippen molar-refractivity contribution in [2.45, 2.75) is 19.4 Å². The van der Waals surface area contributed by atoms with Gasteiger partial charge < -0.3 is 4.98 Å². The fourth-order valence-electron chi connectivity index (χ4n) is 2.99. The Kier molecular flexibility index (Phi) is 3.56. The standard InChI is InChI=1S/C15H20N2O2S/c1-20(18,19)10-4-8-17-9-7-13-12-5-2-3-6-14(12)16-15(13)11-17/h2-3,5-6,16H,4,7-11H2,1H3. The molecule has 0 unspecified atom stereocenters. The molecule has 1 aromatic carbocycles. The fourth-order valence-corrected chi connectivity index (χ4v) is 3.64. The highest BCUT2D eigenvalue weighted by Gasteiger charge is 2.20. The van der Waals surface area contributed by atoms with E-state index in [0.29, 0.717) is 6.42 Å². The smallest absolute Gasteiger partial charge is 0.147 e. The molecule has 0 fully saturated rings. The second kappa shape index (κ2) is 5.22. The molecular formula is C15H20N2O2S. The van der Waals surface area contributed by atoms with Crippen molar-refractivity contribution in [2.75, 3.05) is 25.1 Å². The van der Waals surface area contributed by atoms with Gasteiger partial charge in [0.1, 0.15) is 9.84 Å². The molecule has 3 rings (SSSR count). The molecule has 5 heteroatoms. The lowest BCUT2D eigenvalue weighted by molar-refractivity contribution is 0.253. The maximum absolute atomic E-state index is 11.2. The van der Waals surface area contributed by atoms with Crippen LogP contribution in [0.2, 0.25) is 0 Å². The average Bonchev–Trinajstić information content (AvgIpc) is 2.74. The lowest BCUT2D eigenvalue weighted by atomic mass is 10.0. The lowest BCUT2D eigenvalue weighted by Gasteiger charge is -2.26. The Hall–Kier alpha value is -1.33. The van der Waals surface area contributed by atoms with Crippen molar-refractivity contribution in [3.05, 3.63) is 35.5 Å². The predicted molar refractivity (Wildman–Crippen MR) is 81.6 cm³/mol. The zero-order valence-electron chi connectivity index (χ0n) is 11.7. The van der Waals surface area contributed by atoms with Gasteiger partial charge in [-0.2, -0.15) is 0 Å². The molecule has 0 atom stereocenters. The van der Waals surface area contributed by atoms with Crippen LogP contribution in [0.15, 0.2) is 24.3 Å². The first-order valence-corrected chi connectivity index (χ1v) is 9.07. The van der Waals surface area contributed by atoms with Crippen molar-refractivity contribution in [1.82, 2.24) is 9.88 Å². The topological polar surface area (TPSA) is 53.2 Å². The van der Waals surface area contributed by atoms with Crippen LogP contribution in [0, 0.1) is 0 Å². The number of para-hydroxylation sites is 1. The summed E-state index contributed by atoms with van der Waals surface area (Å²) in [4.78, 5) is 5.83. The SMILES string of the molecule is CS(=O)(=O)CCCN1CCc2c([nH]c3ccccc23)C1. The van der Waals surface area contributed by atoms with Gasteiger partial charge in [0.05, 0.1) is 5.75 Å². The van der Waals surface area contributed by atoms with Crippen LogP contribution >= 0.6 is 0 Å². The summed E-state index contributed by atoms with van der Waals surface area (Å²) in [6.07, 6.45) is 3.06. The van der Waals surface area contributed by atoms with Gasteiger partial charge in [-0.15, -0.1) is 0 Å². The quantitative estimate of drug-likeness (QED) is 0.937. The first-order chi connectivity index (χ1) is 9.53. The largest absolute Gasteiger partial charge is 0.357 e. The highest BCUT2D eigenvalue weighted by molar-refractivity contribution is 7.90. The fraction of sp³-hybridized carbons (Fsp3) is 0.467. The average molecular weight is 292 g/mol. The van der Waals surface area contributed by atoms with Gasteiger partial charge in [-0.25, -0.2) is 8.42 Å². The third-order valence-electron chi connectivity index (χ3n) is 3.95. The van der Waals surface area contributed by atoms with E-state index >= 15 is 0 Å². The van der Waals surface area contributed by atoms with Crippen LogP contribution < -0.4 is 0 Å². The maximum Gasteiger partial charge on any atom is 0.147 e. The van der Waals surface area contributed by atoms with E-state index in [-0.39, 0.29) is 5.75 Å². The summed E-state index contributed by atoms with van der Waals surface area (Å²) in [6.45, 7) is 2.76. The number of aromatic amines is 1. The molecule has 2 heterocycles. The van der Waals surface area contributed by atoms with E-state index in [1.54, 1.807) is 0 Å². The molecule has 1 aliphatic heterocycles. The molecule has 108 valence electrons. The maximum atomic E-state index is 11.2. The van der Waals surface area contributed by atoms with Crippen molar-refractivity contribution < 1.29 is 8.42 Å². The first kappa shape index (κ1) is 13.6. The molecule has 0 amide bonds. The number of sulfone groups is 1. The predicted octanol–water partition coefficient (Wildman–Crippen LogP) is 1.96.